The molecule has 6 rings (SSSR count). The fourth-order valence-electron chi connectivity index (χ4n) is 5.01. The molecular formula is C28H30N2O3. The van der Waals surface area contributed by atoms with Crippen LogP contribution in [0.2, 0.25) is 0 Å². The Bertz CT molecular complexity index is 1090. The third kappa shape index (κ3) is 4.35. The van der Waals surface area contributed by atoms with Crippen molar-refractivity contribution in [2.45, 2.75) is 57.1 Å². The van der Waals surface area contributed by atoms with Crippen molar-refractivity contribution in [2.75, 3.05) is 13.1 Å². The zero-order valence-electron chi connectivity index (χ0n) is 18.9. The highest BCUT2D eigenvalue weighted by molar-refractivity contribution is 5.65. The summed E-state index contributed by atoms with van der Waals surface area (Å²) in [5.74, 6) is 1.13. The molecule has 0 radical (unpaired) electrons. The molecular weight excluding hydrogens is 412 g/mol. The molecule has 1 saturated heterocycles. The fraction of sp³-hybridized carbons (Fsp3) is 0.393. The van der Waals surface area contributed by atoms with E-state index in [1.54, 1.807) is 0 Å². The Hall–Kier alpha value is -2.89. The van der Waals surface area contributed by atoms with Crippen molar-refractivity contribution in [3.05, 3.63) is 78.0 Å². The van der Waals surface area contributed by atoms with Crippen molar-refractivity contribution in [3.8, 4) is 22.8 Å². The molecule has 0 unspecified atom stereocenters. The second kappa shape index (κ2) is 8.81. The van der Waals surface area contributed by atoms with E-state index in [2.05, 4.69) is 34.1 Å². The van der Waals surface area contributed by atoms with Crippen LogP contribution in [0.3, 0.4) is 0 Å². The fourth-order valence-corrected chi connectivity index (χ4v) is 5.01. The first-order chi connectivity index (χ1) is 16.3. The topological polar surface area (TPSA) is 43.8 Å². The Morgan fingerprint density at radius 2 is 1.79 bits per heavy atom. The zero-order chi connectivity index (χ0) is 22.1. The summed E-state index contributed by atoms with van der Waals surface area (Å²) in [6.45, 7) is 3.25. The number of hydrogen-bond donors (Lipinski definition) is 0. The van der Waals surface area contributed by atoms with Gasteiger partial charge in [-0.2, -0.15) is 0 Å². The highest BCUT2D eigenvalue weighted by atomic mass is 16.7. The van der Waals surface area contributed by atoms with Gasteiger partial charge in [-0.1, -0.05) is 42.8 Å². The number of rotatable bonds is 5. The van der Waals surface area contributed by atoms with Crippen molar-refractivity contribution in [2.24, 2.45) is 0 Å². The summed E-state index contributed by atoms with van der Waals surface area (Å²) in [6.07, 6.45) is 7.85. The van der Waals surface area contributed by atoms with Crippen LogP contribution in [0.4, 0.5) is 0 Å². The van der Waals surface area contributed by atoms with Crippen LogP contribution in [0, 0.1) is 0 Å². The quantitative estimate of drug-likeness (QED) is 0.516. The average Bonchev–Trinajstić information content (AvgIpc) is 2.84. The van der Waals surface area contributed by atoms with Crippen LogP contribution >= 0.6 is 0 Å². The third-order valence-corrected chi connectivity index (χ3v) is 7.30. The molecule has 2 aliphatic heterocycles. The summed E-state index contributed by atoms with van der Waals surface area (Å²) < 4.78 is 18.6. The molecule has 3 aliphatic rings. The Morgan fingerprint density at radius 1 is 0.970 bits per heavy atom. The van der Waals surface area contributed by atoms with Crippen LogP contribution in [0.25, 0.3) is 11.1 Å². The molecule has 1 saturated carbocycles. The van der Waals surface area contributed by atoms with Crippen LogP contribution < -0.4 is 9.47 Å². The van der Waals surface area contributed by atoms with Crippen LogP contribution in [-0.4, -0.2) is 34.8 Å². The molecule has 3 aromatic rings. The van der Waals surface area contributed by atoms with Gasteiger partial charge in [-0.05, 0) is 42.2 Å². The van der Waals surface area contributed by atoms with Gasteiger partial charge in [0.15, 0.2) is 0 Å². The normalized spacial score (nSPS) is 20.0. The predicted octanol–water partition coefficient (Wildman–Crippen LogP) is 5.58. The van der Waals surface area contributed by atoms with Gasteiger partial charge < -0.3 is 14.2 Å². The molecule has 33 heavy (non-hydrogen) atoms. The molecule has 5 heteroatoms. The van der Waals surface area contributed by atoms with Gasteiger partial charge in [0.25, 0.3) is 0 Å². The summed E-state index contributed by atoms with van der Waals surface area (Å²) in [4.78, 5) is 7.12. The molecule has 1 spiro atoms. The first kappa shape index (κ1) is 20.7. The van der Waals surface area contributed by atoms with Crippen LogP contribution in [-0.2, 0) is 18.0 Å². The van der Waals surface area contributed by atoms with Crippen LogP contribution in [0.5, 0.6) is 11.6 Å². The third-order valence-electron chi connectivity index (χ3n) is 7.30. The molecule has 1 aromatic heterocycles. The minimum Gasteiger partial charge on any atom is -0.473 e. The lowest BCUT2D eigenvalue weighted by molar-refractivity contribution is -0.231. The van der Waals surface area contributed by atoms with Crippen molar-refractivity contribution in [1.82, 2.24) is 9.88 Å². The van der Waals surface area contributed by atoms with E-state index in [1.165, 1.54) is 19.3 Å². The second-order valence-electron chi connectivity index (χ2n) is 9.40. The molecule has 0 amide bonds. The number of nitrogens with zero attached hydrogens (tertiary/aromatic N) is 2. The number of benzene rings is 2. The van der Waals surface area contributed by atoms with E-state index in [-0.39, 0.29) is 0 Å². The molecule has 170 valence electrons. The minimum atomic E-state index is -0.450. The molecule has 1 aliphatic carbocycles. The largest absolute Gasteiger partial charge is 0.473 e. The number of piperidine rings is 1. The Labute approximate surface area is 195 Å². The summed E-state index contributed by atoms with van der Waals surface area (Å²) in [5, 5.41) is 0. The van der Waals surface area contributed by atoms with Crippen molar-refractivity contribution in [1.29, 1.82) is 0 Å². The van der Waals surface area contributed by atoms with E-state index >= 15 is 0 Å². The Morgan fingerprint density at radius 3 is 2.52 bits per heavy atom. The maximum Gasteiger partial charge on any atom is 0.213 e. The lowest BCUT2D eigenvalue weighted by Gasteiger charge is -2.47. The minimum absolute atomic E-state index is 0.450. The van der Waals surface area contributed by atoms with Gasteiger partial charge in [0.2, 0.25) is 11.7 Å². The molecule has 0 N–H and O–H groups in total. The van der Waals surface area contributed by atoms with Gasteiger partial charge in [0.05, 0.1) is 6.61 Å². The summed E-state index contributed by atoms with van der Waals surface area (Å²) in [5.41, 5.74) is 4.39. The predicted molar refractivity (Wildman–Crippen MR) is 127 cm³/mol. The lowest BCUT2D eigenvalue weighted by atomic mass is 9.89. The molecule has 3 heterocycles. The van der Waals surface area contributed by atoms with E-state index in [0.29, 0.717) is 19.1 Å². The van der Waals surface area contributed by atoms with Gasteiger partial charge in [-0.15, -0.1) is 0 Å². The maximum absolute atomic E-state index is 6.44. The number of pyridine rings is 1. The number of fused-ring (bicyclic) bond motifs is 1. The highest BCUT2D eigenvalue weighted by Crippen LogP contribution is 2.40. The van der Waals surface area contributed by atoms with Crippen LogP contribution in [0.15, 0.2) is 66.9 Å². The van der Waals surface area contributed by atoms with Crippen LogP contribution in [0.1, 0.15) is 43.2 Å². The van der Waals surface area contributed by atoms with Gasteiger partial charge in [0.1, 0.15) is 12.4 Å². The number of aromatic nitrogens is 1. The second-order valence-corrected chi connectivity index (χ2v) is 9.40. The molecule has 2 aromatic carbocycles. The van der Waals surface area contributed by atoms with E-state index < -0.39 is 5.79 Å². The summed E-state index contributed by atoms with van der Waals surface area (Å²) >= 11 is 0. The molecule has 5 nitrogen and oxygen atoms in total. The van der Waals surface area contributed by atoms with Crippen molar-refractivity contribution < 1.29 is 14.2 Å². The summed E-state index contributed by atoms with van der Waals surface area (Å²) in [7, 11) is 0. The smallest absolute Gasteiger partial charge is 0.213 e. The maximum atomic E-state index is 6.44. The lowest BCUT2D eigenvalue weighted by Crippen LogP contribution is -2.54. The summed E-state index contributed by atoms with van der Waals surface area (Å²) in [6, 6.07) is 21.3. The van der Waals surface area contributed by atoms with Gasteiger partial charge in [0, 0.05) is 55.4 Å². The number of ether oxygens (including phenoxy) is 3. The monoisotopic (exact) mass is 442 g/mol. The van der Waals surface area contributed by atoms with E-state index in [0.717, 1.165) is 60.0 Å². The molecule has 2 fully saturated rings. The van der Waals surface area contributed by atoms with Gasteiger partial charge in [-0.25, -0.2) is 4.98 Å². The van der Waals surface area contributed by atoms with Gasteiger partial charge in [-0.3, -0.25) is 4.90 Å². The highest BCUT2D eigenvalue weighted by Gasteiger charge is 2.42. The standard InChI is InChI=1S/C28H30N2O3/c1-2-5-21(6-3-1)19-31-27-12-10-23(18-29-27)22-9-11-26-24(17-22)20-32-28(33-26)13-15-30(16-14-28)25-7-4-8-25/h1-3,5-6,9-12,17-18,25H,4,7-8,13-16,19-20H2. The zero-order valence-corrected chi connectivity index (χ0v) is 18.9. The van der Waals surface area contributed by atoms with E-state index in [1.807, 2.05) is 42.6 Å². The number of likely N-dealkylation sites (tertiary alicyclic amines) is 1. The molecule has 0 atom stereocenters. The van der Waals surface area contributed by atoms with E-state index in [9.17, 15) is 0 Å². The van der Waals surface area contributed by atoms with Crippen molar-refractivity contribution >= 4 is 0 Å². The Kier molecular flexibility index (Phi) is 5.52. The molecule has 0 bridgehead atoms. The SMILES string of the molecule is c1ccc(COc2ccc(-c3ccc4c(c3)COC3(CCN(C5CCC5)CC3)O4)cn2)cc1. The Balaban J connectivity index is 1.10. The average molecular weight is 443 g/mol. The van der Waals surface area contributed by atoms with E-state index in [4.69, 9.17) is 14.2 Å². The first-order valence-corrected chi connectivity index (χ1v) is 12.1. The number of hydrogen-bond acceptors (Lipinski definition) is 5. The van der Waals surface area contributed by atoms with Gasteiger partial charge >= 0.3 is 0 Å². The first-order valence-electron chi connectivity index (χ1n) is 12.1. The van der Waals surface area contributed by atoms with Crippen molar-refractivity contribution in [3.63, 3.8) is 0 Å².